The van der Waals surface area contributed by atoms with Gasteiger partial charge < -0.3 is 0 Å². The lowest BCUT2D eigenvalue weighted by Crippen LogP contribution is -2.25. The minimum absolute atomic E-state index is 0.384. The van der Waals surface area contributed by atoms with Gasteiger partial charge in [0, 0.05) is 15.7 Å². The third kappa shape index (κ3) is 3.63. The maximum atomic E-state index is 4.92. The Morgan fingerprint density at radius 2 is 1.09 bits per heavy atom. The molecule has 0 atom stereocenters. The van der Waals surface area contributed by atoms with E-state index in [1.54, 1.807) is 0 Å². The zero-order valence-electron chi connectivity index (χ0n) is 25.4. The molecule has 220 valence electrons. The van der Waals surface area contributed by atoms with E-state index in [2.05, 4.69) is 172 Å². The van der Waals surface area contributed by atoms with Crippen molar-refractivity contribution >= 4 is 27.0 Å². The van der Waals surface area contributed by atoms with Gasteiger partial charge in [-0.1, -0.05) is 137 Å². The quantitative estimate of drug-likeness (QED) is 0.184. The van der Waals surface area contributed by atoms with Crippen molar-refractivity contribution < 1.29 is 0 Å². The average molecular weight is 664 g/mol. The smallest absolute Gasteiger partial charge is 0.100 e. The molecular formula is C44H27BrN2. The second-order valence-corrected chi connectivity index (χ2v) is 13.4. The van der Waals surface area contributed by atoms with Crippen LogP contribution in [0.2, 0.25) is 0 Å². The molecule has 3 heteroatoms. The zero-order chi connectivity index (χ0) is 31.1. The second-order valence-electron chi connectivity index (χ2n) is 12.5. The molecule has 2 nitrogen and oxygen atoms in total. The van der Waals surface area contributed by atoms with E-state index in [4.69, 9.17) is 4.98 Å². The summed E-state index contributed by atoms with van der Waals surface area (Å²) in [4.78, 5) is 4.92. The topological polar surface area (TPSA) is 17.8 Å². The molecule has 7 aromatic carbocycles. The third-order valence-corrected chi connectivity index (χ3v) is 10.7. The van der Waals surface area contributed by atoms with Crippen molar-refractivity contribution in [1.82, 2.24) is 9.55 Å². The third-order valence-electron chi connectivity index (χ3n) is 10.2. The van der Waals surface area contributed by atoms with Gasteiger partial charge in [-0.25, -0.2) is 4.98 Å². The summed E-state index contributed by atoms with van der Waals surface area (Å²) in [6, 6.07) is 57.5. The molecular weight excluding hydrogens is 636 g/mol. The van der Waals surface area contributed by atoms with Crippen molar-refractivity contribution in [2.45, 2.75) is 5.41 Å². The fourth-order valence-electron chi connectivity index (χ4n) is 8.32. The SMILES string of the molecule is Brc1ccc2c(c1)C1(c3ccccc3-c3ccccc31)c1cccc(-c3cccc(-c4cccc5c4ncn5-c4ccccc4)c3)c1-2. The molecule has 0 bridgehead atoms. The highest BCUT2D eigenvalue weighted by atomic mass is 79.9. The molecule has 0 N–H and O–H groups in total. The Labute approximate surface area is 281 Å². The van der Waals surface area contributed by atoms with Crippen LogP contribution in [0.15, 0.2) is 169 Å². The highest BCUT2D eigenvalue weighted by molar-refractivity contribution is 9.10. The standard InChI is InChI=1S/C44H27BrN2/c45-30-23-24-36-40(26-30)44(37-19-6-4-15-34(37)35-16-5-7-20-38(35)44)39-21-9-17-32(42(36)39)28-11-8-12-29(25-28)33-18-10-22-41-43(33)46-27-47(41)31-13-2-1-3-14-31/h1-27H. The molecule has 1 spiro atoms. The molecule has 1 aromatic heterocycles. The van der Waals surface area contributed by atoms with Crippen molar-refractivity contribution in [2.75, 3.05) is 0 Å². The van der Waals surface area contributed by atoms with Crippen molar-refractivity contribution in [2.24, 2.45) is 0 Å². The van der Waals surface area contributed by atoms with Gasteiger partial charge in [0.25, 0.3) is 0 Å². The van der Waals surface area contributed by atoms with Gasteiger partial charge in [0.05, 0.1) is 16.4 Å². The minimum Gasteiger partial charge on any atom is -0.299 e. The van der Waals surface area contributed by atoms with E-state index in [-0.39, 0.29) is 5.41 Å². The number of halogens is 1. The van der Waals surface area contributed by atoms with E-state index in [1.807, 2.05) is 12.4 Å². The lowest BCUT2D eigenvalue weighted by atomic mass is 9.70. The first-order chi connectivity index (χ1) is 23.2. The Morgan fingerprint density at radius 1 is 0.468 bits per heavy atom. The number of imidazole rings is 1. The molecule has 8 aromatic rings. The average Bonchev–Trinajstić information content (AvgIpc) is 3.79. The van der Waals surface area contributed by atoms with Crippen LogP contribution < -0.4 is 0 Å². The molecule has 0 radical (unpaired) electrons. The molecule has 0 saturated heterocycles. The van der Waals surface area contributed by atoms with Gasteiger partial charge in [0.15, 0.2) is 0 Å². The number of para-hydroxylation sites is 2. The number of rotatable bonds is 3. The summed E-state index contributed by atoms with van der Waals surface area (Å²) in [5.74, 6) is 0. The van der Waals surface area contributed by atoms with Crippen LogP contribution in [0.4, 0.5) is 0 Å². The summed E-state index contributed by atoms with van der Waals surface area (Å²) in [5, 5.41) is 0. The van der Waals surface area contributed by atoms with Gasteiger partial charge in [0.2, 0.25) is 0 Å². The summed E-state index contributed by atoms with van der Waals surface area (Å²) in [6.45, 7) is 0. The monoisotopic (exact) mass is 662 g/mol. The summed E-state index contributed by atoms with van der Waals surface area (Å²) < 4.78 is 3.26. The molecule has 0 saturated carbocycles. The number of fused-ring (bicyclic) bond motifs is 11. The summed E-state index contributed by atoms with van der Waals surface area (Å²) in [5.41, 5.74) is 18.2. The van der Waals surface area contributed by atoms with Crippen molar-refractivity contribution in [3.05, 3.63) is 191 Å². The van der Waals surface area contributed by atoms with Gasteiger partial charge >= 0.3 is 0 Å². The van der Waals surface area contributed by atoms with E-state index in [0.717, 1.165) is 32.3 Å². The number of aromatic nitrogens is 2. The second kappa shape index (κ2) is 9.99. The Balaban J connectivity index is 1.20. The molecule has 0 fully saturated rings. The lowest BCUT2D eigenvalue weighted by Gasteiger charge is -2.30. The predicted octanol–water partition coefficient (Wildman–Crippen LogP) is 11.5. The predicted molar refractivity (Wildman–Crippen MR) is 196 cm³/mol. The van der Waals surface area contributed by atoms with E-state index >= 15 is 0 Å². The van der Waals surface area contributed by atoms with Crippen LogP contribution in [0.1, 0.15) is 22.3 Å². The minimum atomic E-state index is -0.384. The van der Waals surface area contributed by atoms with Crippen molar-refractivity contribution in [3.8, 4) is 50.2 Å². The van der Waals surface area contributed by atoms with Crippen LogP contribution in [0, 0.1) is 0 Å². The first kappa shape index (κ1) is 26.7. The number of hydrogen-bond donors (Lipinski definition) is 0. The summed E-state index contributed by atoms with van der Waals surface area (Å²) >= 11 is 3.85. The largest absolute Gasteiger partial charge is 0.299 e. The normalized spacial score (nSPS) is 13.4. The van der Waals surface area contributed by atoms with Crippen molar-refractivity contribution in [3.63, 3.8) is 0 Å². The van der Waals surface area contributed by atoms with Crippen LogP contribution in [-0.4, -0.2) is 9.55 Å². The van der Waals surface area contributed by atoms with E-state index in [9.17, 15) is 0 Å². The maximum Gasteiger partial charge on any atom is 0.100 e. The van der Waals surface area contributed by atoms with Crippen molar-refractivity contribution in [1.29, 1.82) is 0 Å². The Bertz CT molecular complexity index is 2500. The highest BCUT2D eigenvalue weighted by Gasteiger charge is 2.52. The lowest BCUT2D eigenvalue weighted by molar-refractivity contribution is 0.793. The molecule has 10 rings (SSSR count). The van der Waals surface area contributed by atoms with Gasteiger partial charge in [-0.3, -0.25) is 4.57 Å². The number of hydrogen-bond acceptors (Lipinski definition) is 1. The van der Waals surface area contributed by atoms with E-state index in [1.165, 1.54) is 55.6 Å². The molecule has 47 heavy (non-hydrogen) atoms. The Hall–Kier alpha value is -5.51. The zero-order valence-corrected chi connectivity index (χ0v) is 26.9. The summed E-state index contributed by atoms with van der Waals surface area (Å²) in [7, 11) is 0. The molecule has 2 aliphatic carbocycles. The van der Waals surface area contributed by atoms with E-state index < -0.39 is 0 Å². The number of nitrogens with zero attached hydrogens (tertiary/aromatic N) is 2. The number of benzene rings is 7. The van der Waals surface area contributed by atoms with Gasteiger partial charge in [-0.15, -0.1) is 0 Å². The molecule has 2 aliphatic rings. The maximum absolute atomic E-state index is 4.92. The van der Waals surface area contributed by atoms with Gasteiger partial charge in [-0.2, -0.15) is 0 Å². The highest BCUT2D eigenvalue weighted by Crippen LogP contribution is 2.64. The summed E-state index contributed by atoms with van der Waals surface area (Å²) in [6.07, 6.45) is 1.93. The van der Waals surface area contributed by atoms with E-state index in [0.29, 0.717) is 0 Å². The van der Waals surface area contributed by atoms with Crippen LogP contribution in [-0.2, 0) is 5.41 Å². The van der Waals surface area contributed by atoms with Crippen LogP contribution in [0.3, 0.4) is 0 Å². The fraction of sp³-hybridized carbons (Fsp3) is 0.0227. The Morgan fingerprint density at radius 3 is 1.87 bits per heavy atom. The molecule has 0 amide bonds. The molecule has 0 aliphatic heterocycles. The fourth-order valence-corrected chi connectivity index (χ4v) is 8.68. The van der Waals surface area contributed by atoms with Gasteiger partial charge in [0.1, 0.15) is 6.33 Å². The Kier molecular flexibility index (Phi) is 5.67. The molecule has 1 heterocycles. The molecule has 0 unspecified atom stereocenters. The first-order valence-corrected chi connectivity index (χ1v) is 16.8. The van der Waals surface area contributed by atoms with Crippen LogP contribution in [0.5, 0.6) is 0 Å². The first-order valence-electron chi connectivity index (χ1n) is 16.0. The van der Waals surface area contributed by atoms with Crippen LogP contribution in [0.25, 0.3) is 61.2 Å². The van der Waals surface area contributed by atoms with Crippen LogP contribution >= 0.6 is 15.9 Å². The van der Waals surface area contributed by atoms with Gasteiger partial charge in [-0.05, 0) is 97.6 Å².